The Labute approximate surface area is 161 Å². The van der Waals surface area contributed by atoms with Crippen molar-refractivity contribution in [2.45, 2.75) is 66.2 Å². The quantitative estimate of drug-likeness (QED) is 0.331. The maximum absolute atomic E-state index is 11.9. The van der Waals surface area contributed by atoms with Gasteiger partial charge in [0.25, 0.3) is 5.91 Å². The number of amides is 2. The molecule has 0 aromatic carbocycles. The van der Waals surface area contributed by atoms with Crippen LogP contribution in [0.25, 0.3) is 0 Å². The van der Waals surface area contributed by atoms with Gasteiger partial charge in [0, 0.05) is 6.61 Å². The molecule has 7 heteroatoms. The van der Waals surface area contributed by atoms with Gasteiger partial charge in [0.05, 0.1) is 6.02 Å². The second-order valence-corrected chi connectivity index (χ2v) is 5.62. The summed E-state index contributed by atoms with van der Waals surface area (Å²) in [5, 5.41) is 21.3. The molecule has 0 spiro atoms. The van der Waals surface area contributed by atoms with Gasteiger partial charge in [0.1, 0.15) is 5.41 Å². The summed E-state index contributed by atoms with van der Waals surface area (Å²) in [7, 11) is 0. The van der Waals surface area contributed by atoms with E-state index in [-0.39, 0.29) is 35.5 Å². The number of aliphatic hydroxyl groups excluding tert-OH is 1. The molecule has 0 aromatic rings. The Bertz CT molecular complexity index is 398. The molecule has 1 aliphatic rings. The average molecular weight is 336 g/mol. The van der Waals surface area contributed by atoms with Crippen LogP contribution in [0.4, 0.5) is 0 Å². The van der Waals surface area contributed by atoms with Gasteiger partial charge in [0.2, 0.25) is 5.91 Å². The molecule has 0 aliphatic carbocycles. The summed E-state index contributed by atoms with van der Waals surface area (Å²) in [5.41, 5.74) is -1.15. The largest absolute Gasteiger partial charge is 1.00 e. The van der Waals surface area contributed by atoms with Gasteiger partial charge in [0.15, 0.2) is 0 Å². The van der Waals surface area contributed by atoms with Gasteiger partial charge in [-0.3, -0.25) is 9.59 Å². The van der Waals surface area contributed by atoms with E-state index in [9.17, 15) is 14.7 Å². The molecule has 0 fully saturated rings. The van der Waals surface area contributed by atoms with Crippen LogP contribution in [0.15, 0.2) is 4.99 Å². The normalized spacial score (nSPS) is 21.3. The van der Waals surface area contributed by atoms with Crippen LogP contribution in [-0.2, 0) is 9.59 Å². The molecular weight excluding hydrogens is 307 g/mol. The topological polar surface area (TPSA) is 102 Å². The van der Waals surface area contributed by atoms with Crippen molar-refractivity contribution in [1.82, 2.24) is 5.32 Å². The maximum atomic E-state index is 11.9. The Hall–Kier alpha value is -0.430. The van der Waals surface area contributed by atoms with E-state index in [1.807, 2.05) is 13.8 Å². The van der Waals surface area contributed by atoms with Gasteiger partial charge in [-0.25, -0.2) is 4.99 Å². The predicted octanol–water partition coefficient (Wildman–Crippen LogP) is -1.64. The molecule has 1 heterocycles. The zero-order valence-electron chi connectivity index (χ0n) is 15.1. The molecule has 128 valence electrons. The van der Waals surface area contributed by atoms with Crippen molar-refractivity contribution in [3.05, 3.63) is 0 Å². The number of rotatable bonds is 7. The maximum Gasteiger partial charge on any atom is 1.00 e. The molecule has 1 rings (SSSR count). The van der Waals surface area contributed by atoms with Crippen molar-refractivity contribution >= 4 is 17.8 Å². The van der Waals surface area contributed by atoms with Crippen LogP contribution >= 0.6 is 0 Å². The summed E-state index contributed by atoms with van der Waals surface area (Å²) in [5.74, 6) is -1.20. The van der Waals surface area contributed by atoms with Crippen LogP contribution in [0.5, 0.6) is 0 Å². The standard InChI is InChI=1S/C11H18N2O3.C5H12O.Na/c1-4-6-7(3)11(5-2)8(14)12-10(16)13-9(11)15;1-2-3-4-5-6;/h7H,4-6H2,1-3H3,(H2,12,13,14,15,16);6H,2-5H2,1H3;/q;;+1/p-1. The number of carbonyl (C=O) groups excluding carboxylic acids is 2. The second kappa shape index (κ2) is 12.9. The first-order valence-electron chi connectivity index (χ1n) is 8.12. The van der Waals surface area contributed by atoms with Gasteiger partial charge < -0.3 is 15.5 Å². The minimum absolute atomic E-state index is 0. The number of unbranched alkanes of at least 4 members (excludes halogenated alkanes) is 2. The minimum atomic E-state index is -1.15. The number of hydrogen-bond acceptors (Lipinski definition) is 4. The van der Waals surface area contributed by atoms with E-state index in [2.05, 4.69) is 17.2 Å². The van der Waals surface area contributed by atoms with Crippen molar-refractivity contribution in [3.8, 4) is 0 Å². The van der Waals surface area contributed by atoms with Gasteiger partial charge in [-0.15, -0.1) is 0 Å². The Morgan fingerprint density at radius 1 is 1.22 bits per heavy atom. The van der Waals surface area contributed by atoms with Gasteiger partial charge in [-0.05, 0) is 25.2 Å². The van der Waals surface area contributed by atoms with Crippen molar-refractivity contribution in [1.29, 1.82) is 0 Å². The third kappa shape index (κ3) is 6.91. The molecule has 2 amide bonds. The monoisotopic (exact) mass is 336 g/mol. The van der Waals surface area contributed by atoms with Crippen LogP contribution in [0.1, 0.15) is 66.2 Å². The molecule has 0 saturated carbocycles. The van der Waals surface area contributed by atoms with E-state index < -0.39 is 23.3 Å². The molecule has 23 heavy (non-hydrogen) atoms. The van der Waals surface area contributed by atoms with Crippen molar-refractivity contribution in [2.75, 3.05) is 6.61 Å². The Morgan fingerprint density at radius 3 is 2.17 bits per heavy atom. The summed E-state index contributed by atoms with van der Waals surface area (Å²) >= 11 is 0. The van der Waals surface area contributed by atoms with E-state index >= 15 is 0 Å². The fraction of sp³-hybridized carbons (Fsp3) is 0.812. The number of nitrogens with zero attached hydrogens (tertiary/aromatic N) is 1. The summed E-state index contributed by atoms with van der Waals surface area (Å²) in [4.78, 5) is 27.1. The molecule has 2 atom stereocenters. The molecule has 1 aliphatic heterocycles. The summed E-state index contributed by atoms with van der Waals surface area (Å²) in [6.07, 6.45) is 5.34. The van der Waals surface area contributed by atoms with Gasteiger partial charge in [-0.1, -0.05) is 47.0 Å². The van der Waals surface area contributed by atoms with Crippen molar-refractivity contribution in [2.24, 2.45) is 16.3 Å². The molecule has 0 radical (unpaired) electrons. The van der Waals surface area contributed by atoms with Crippen LogP contribution < -0.4 is 40.0 Å². The number of amidine groups is 1. The number of nitrogens with one attached hydrogen (secondary N) is 1. The van der Waals surface area contributed by atoms with Crippen LogP contribution in [0, 0.1) is 11.3 Å². The first-order valence-corrected chi connectivity index (χ1v) is 8.12. The fourth-order valence-corrected chi connectivity index (χ4v) is 2.66. The molecular formula is C16H29N2NaO4. The van der Waals surface area contributed by atoms with Crippen LogP contribution in [-0.4, -0.2) is 29.5 Å². The van der Waals surface area contributed by atoms with Gasteiger partial charge in [-0.2, -0.15) is 0 Å². The van der Waals surface area contributed by atoms with Crippen molar-refractivity contribution in [3.63, 3.8) is 0 Å². The SMILES string of the molecule is CCCC(C)C1(CC)C(=O)N=C([O-])NC1=O.CCCCCO.[Na+]. The zero-order chi connectivity index (χ0) is 17.2. The van der Waals surface area contributed by atoms with E-state index in [4.69, 9.17) is 5.11 Å². The molecule has 0 saturated heterocycles. The average Bonchev–Trinajstić information content (AvgIpc) is 2.46. The third-order valence-corrected chi connectivity index (χ3v) is 4.09. The molecule has 0 bridgehead atoms. The molecule has 2 N–H and O–H groups in total. The van der Waals surface area contributed by atoms with E-state index in [1.54, 1.807) is 6.92 Å². The zero-order valence-corrected chi connectivity index (χ0v) is 17.1. The first-order chi connectivity index (χ1) is 10.4. The van der Waals surface area contributed by atoms with Crippen LogP contribution in [0.2, 0.25) is 0 Å². The smallest absolute Gasteiger partial charge is 0.846 e. The number of aliphatic imine (C=N–C) groups is 1. The molecule has 0 aromatic heterocycles. The summed E-state index contributed by atoms with van der Waals surface area (Å²) < 4.78 is 0. The van der Waals surface area contributed by atoms with E-state index in [0.717, 1.165) is 25.7 Å². The number of aliphatic hydroxyl groups is 1. The van der Waals surface area contributed by atoms with Crippen LogP contribution in [0.3, 0.4) is 0 Å². The molecule has 6 nitrogen and oxygen atoms in total. The van der Waals surface area contributed by atoms with E-state index in [0.29, 0.717) is 13.0 Å². The Kier molecular flexibility index (Phi) is 13.9. The first kappa shape index (κ1) is 24.8. The Balaban J connectivity index is 0. The summed E-state index contributed by atoms with van der Waals surface area (Å²) in [6, 6.07) is -0.845. The van der Waals surface area contributed by atoms with E-state index in [1.165, 1.54) is 6.42 Å². The second-order valence-electron chi connectivity index (χ2n) is 5.62. The Morgan fingerprint density at radius 2 is 1.83 bits per heavy atom. The minimum Gasteiger partial charge on any atom is -0.846 e. The van der Waals surface area contributed by atoms with Gasteiger partial charge >= 0.3 is 29.6 Å². The molecule has 2 unspecified atom stereocenters. The number of hydrogen-bond donors (Lipinski definition) is 2. The van der Waals surface area contributed by atoms with Crippen molar-refractivity contribution < 1.29 is 49.4 Å². The fourth-order valence-electron chi connectivity index (χ4n) is 2.66. The predicted molar refractivity (Wildman–Crippen MR) is 84.0 cm³/mol. The number of carbonyl (C=O) groups is 2. The summed E-state index contributed by atoms with van der Waals surface area (Å²) in [6.45, 7) is 8.10. The third-order valence-electron chi connectivity index (χ3n) is 4.09.